The lowest BCUT2D eigenvalue weighted by molar-refractivity contribution is -0.139. The molecule has 3 aliphatic rings. The number of para-hydroxylation sites is 1. The number of hydrogen-bond donors (Lipinski definition) is 0. The van der Waals surface area contributed by atoms with E-state index in [1.807, 2.05) is 11.9 Å². The monoisotopic (exact) mass is 626 g/mol. The standard InChI is InChI=1S/C32H34F4N6O3/c1-20(33)29(43)41-18-24(19-41)42-28-25(27(37-42)21-8-10-23(11-9-21)32(34,35)36)6-3-7-26(28)31(45)40-15-13-39(14-16-40)30(44)22-5-4-12-38(2)17-22/h3,6-11,22,24H,1,4-5,12-19H2,2H3. The Bertz CT molecular complexity index is 1640. The van der Waals surface area contributed by atoms with Crippen LogP contribution in [-0.4, -0.2) is 107 Å². The van der Waals surface area contributed by atoms with Crippen LogP contribution in [0.5, 0.6) is 0 Å². The van der Waals surface area contributed by atoms with E-state index in [0.29, 0.717) is 53.9 Å². The van der Waals surface area contributed by atoms with Gasteiger partial charge in [0.2, 0.25) is 5.91 Å². The van der Waals surface area contributed by atoms with E-state index >= 15 is 0 Å². The van der Waals surface area contributed by atoms with Gasteiger partial charge in [0.1, 0.15) is 5.69 Å². The van der Waals surface area contributed by atoms with Crippen LogP contribution in [0.1, 0.15) is 34.8 Å². The summed E-state index contributed by atoms with van der Waals surface area (Å²) in [4.78, 5) is 46.3. The van der Waals surface area contributed by atoms with Gasteiger partial charge in [-0.05, 0) is 44.6 Å². The molecule has 3 aromatic rings. The molecule has 3 fully saturated rings. The molecule has 9 nitrogen and oxygen atoms in total. The maximum Gasteiger partial charge on any atom is 0.416 e. The number of aromatic nitrogens is 2. The first-order valence-corrected chi connectivity index (χ1v) is 15.0. The number of rotatable bonds is 5. The van der Waals surface area contributed by atoms with Crippen LogP contribution in [0.2, 0.25) is 0 Å². The fourth-order valence-corrected chi connectivity index (χ4v) is 6.53. The molecule has 0 bridgehead atoms. The lowest BCUT2D eigenvalue weighted by Gasteiger charge is -2.39. The van der Waals surface area contributed by atoms with Gasteiger partial charge in [-0.1, -0.05) is 30.8 Å². The fraction of sp³-hybridized carbons (Fsp3) is 0.438. The third-order valence-electron chi connectivity index (χ3n) is 9.02. The maximum atomic E-state index is 14.0. The molecule has 0 radical (unpaired) electrons. The number of piperidine rings is 1. The zero-order valence-corrected chi connectivity index (χ0v) is 24.9. The number of hydrogen-bond acceptors (Lipinski definition) is 5. The third kappa shape index (κ3) is 5.92. The van der Waals surface area contributed by atoms with Gasteiger partial charge in [-0.2, -0.15) is 18.3 Å². The van der Waals surface area contributed by atoms with E-state index in [2.05, 4.69) is 11.5 Å². The van der Waals surface area contributed by atoms with E-state index < -0.39 is 29.5 Å². The summed E-state index contributed by atoms with van der Waals surface area (Å²) in [7, 11) is 2.01. The molecule has 2 aromatic carbocycles. The quantitative estimate of drug-likeness (QED) is 0.313. The second-order valence-corrected chi connectivity index (χ2v) is 12.1. The first kappa shape index (κ1) is 30.8. The van der Waals surface area contributed by atoms with Crippen molar-refractivity contribution in [1.29, 1.82) is 0 Å². The first-order chi connectivity index (χ1) is 21.4. The van der Waals surface area contributed by atoms with Gasteiger partial charge >= 0.3 is 6.18 Å². The van der Waals surface area contributed by atoms with Crippen molar-refractivity contribution in [2.24, 2.45) is 5.92 Å². The highest BCUT2D eigenvalue weighted by molar-refractivity contribution is 6.09. The van der Waals surface area contributed by atoms with Crippen molar-refractivity contribution >= 4 is 28.6 Å². The molecule has 1 unspecified atom stereocenters. The second kappa shape index (κ2) is 11.9. The van der Waals surface area contributed by atoms with E-state index in [0.717, 1.165) is 38.1 Å². The van der Waals surface area contributed by atoms with Crippen molar-refractivity contribution in [1.82, 2.24) is 29.4 Å². The van der Waals surface area contributed by atoms with Crippen LogP contribution in [-0.2, 0) is 15.8 Å². The van der Waals surface area contributed by atoms with Crippen LogP contribution in [0.4, 0.5) is 17.6 Å². The van der Waals surface area contributed by atoms with Crippen molar-refractivity contribution in [3.05, 3.63) is 66.0 Å². The number of carbonyl (C=O) groups is 3. The van der Waals surface area contributed by atoms with Crippen LogP contribution in [0, 0.1) is 5.92 Å². The Labute approximate surface area is 257 Å². The van der Waals surface area contributed by atoms with Gasteiger partial charge in [-0.3, -0.25) is 19.1 Å². The SMILES string of the molecule is C=C(F)C(=O)N1CC(n2nc(-c3ccc(C(F)(F)F)cc3)c3cccc(C(=O)N4CCN(C(=O)C5CCCN(C)C5)CC4)c32)C1. The van der Waals surface area contributed by atoms with Gasteiger partial charge in [0.25, 0.3) is 11.8 Å². The molecule has 45 heavy (non-hydrogen) atoms. The lowest BCUT2D eigenvalue weighted by atomic mass is 9.96. The second-order valence-electron chi connectivity index (χ2n) is 12.1. The Morgan fingerprint density at radius 2 is 1.56 bits per heavy atom. The number of amides is 3. The largest absolute Gasteiger partial charge is 0.416 e. The van der Waals surface area contributed by atoms with Crippen molar-refractivity contribution in [2.75, 3.05) is 59.4 Å². The zero-order chi connectivity index (χ0) is 32.0. The van der Waals surface area contributed by atoms with Crippen molar-refractivity contribution < 1.29 is 31.9 Å². The topological polar surface area (TPSA) is 82.0 Å². The number of benzene rings is 2. The highest BCUT2D eigenvalue weighted by atomic mass is 19.4. The fourth-order valence-electron chi connectivity index (χ4n) is 6.53. The Hall–Kier alpha value is -4.26. The minimum atomic E-state index is -4.50. The first-order valence-electron chi connectivity index (χ1n) is 15.0. The summed E-state index contributed by atoms with van der Waals surface area (Å²) in [6.45, 7) is 6.59. The van der Waals surface area contributed by atoms with E-state index in [1.54, 1.807) is 27.8 Å². The van der Waals surface area contributed by atoms with Crippen LogP contribution in [0.25, 0.3) is 22.2 Å². The van der Waals surface area contributed by atoms with Gasteiger partial charge in [0, 0.05) is 56.8 Å². The van der Waals surface area contributed by atoms with E-state index in [4.69, 9.17) is 5.10 Å². The van der Waals surface area contributed by atoms with Gasteiger partial charge in [0.15, 0.2) is 5.83 Å². The number of fused-ring (bicyclic) bond motifs is 1. The Balaban J connectivity index is 1.29. The number of alkyl halides is 3. The normalized spacial score (nSPS) is 19.9. The Morgan fingerprint density at radius 1 is 0.889 bits per heavy atom. The predicted octanol–water partition coefficient (Wildman–Crippen LogP) is 4.21. The summed E-state index contributed by atoms with van der Waals surface area (Å²) < 4.78 is 54.9. The molecule has 3 amide bonds. The van der Waals surface area contributed by atoms with E-state index in [1.165, 1.54) is 17.0 Å². The van der Waals surface area contributed by atoms with Crippen LogP contribution < -0.4 is 0 Å². The molecule has 0 aliphatic carbocycles. The van der Waals surface area contributed by atoms with Crippen LogP contribution in [0.3, 0.4) is 0 Å². The molecule has 0 N–H and O–H groups in total. The number of nitrogens with zero attached hydrogens (tertiary/aromatic N) is 6. The lowest BCUT2D eigenvalue weighted by Crippen LogP contribution is -2.53. The van der Waals surface area contributed by atoms with Crippen LogP contribution in [0.15, 0.2) is 54.9 Å². The van der Waals surface area contributed by atoms with E-state index in [9.17, 15) is 31.9 Å². The number of likely N-dealkylation sites (tertiary alicyclic amines) is 2. The number of halogens is 4. The molecule has 6 rings (SSSR count). The molecule has 1 atom stereocenters. The molecule has 1 aromatic heterocycles. The Kier molecular flexibility index (Phi) is 8.14. The van der Waals surface area contributed by atoms with Crippen molar-refractivity contribution in [3.8, 4) is 11.3 Å². The summed E-state index contributed by atoms with van der Waals surface area (Å²) in [6, 6.07) is 9.40. The number of carbonyl (C=O) groups excluding carboxylic acids is 3. The maximum absolute atomic E-state index is 14.0. The molecule has 0 saturated carbocycles. The molecular formula is C32H34F4N6O3. The molecular weight excluding hydrogens is 592 g/mol. The zero-order valence-electron chi connectivity index (χ0n) is 24.9. The minimum Gasteiger partial charge on any atom is -0.339 e. The van der Waals surface area contributed by atoms with Crippen molar-refractivity contribution in [3.63, 3.8) is 0 Å². The molecule has 238 valence electrons. The highest BCUT2D eigenvalue weighted by Gasteiger charge is 2.37. The van der Waals surface area contributed by atoms with Crippen LogP contribution >= 0.6 is 0 Å². The number of piperazine rings is 1. The minimum absolute atomic E-state index is 0.0405. The summed E-state index contributed by atoms with van der Waals surface area (Å²) in [5.41, 5.74) is 0.865. The molecule has 3 aliphatic heterocycles. The van der Waals surface area contributed by atoms with Gasteiger partial charge in [0.05, 0.1) is 28.6 Å². The van der Waals surface area contributed by atoms with Crippen molar-refractivity contribution in [2.45, 2.75) is 25.1 Å². The Morgan fingerprint density at radius 3 is 2.18 bits per heavy atom. The predicted molar refractivity (Wildman–Crippen MR) is 159 cm³/mol. The molecule has 0 spiro atoms. The summed E-state index contributed by atoms with van der Waals surface area (Å²) in [5, 5.41) is 5.31. The van der Waals surface area contributed by atoms with Gasteiger partial charge in [-0.25, -0.2) is 4.39 Å². The highest BCUT2D eigenvalue weighted by Crippen LogP contribution is 2.37. The van der Waals surface area contributed by atoms with Gasteiger partial charge in [-0.15, -0.1) is 0 Å². The third-order valence-corrected chi connectivity index (χ3v) is 9.02. The molecule has 13 heteroatoms. The molecule has 3 saturated heterocycles. The summed E-state index contributed by atoms with van der Waals surface area (Å²) in [5.74, 6) is -2.08. The summed E-state index contributed by atoms with van der Waals surface area (Å²) in [6.07, 6.45) is -2.66. The average Bonchev–Trinajstić information content (AvgIpc) is 3.38. The summed E-state index contributed by atoms with van der Waals surface area (Å²) >= 11 is 0. The smallest absolute Gasteiger partial charge is 0.339 e. The average molecular weight is 627 g/mol. The molecule has 4 heterocycles. The van der Waals surface area contributed by atoms with E-state index in [-0.39, 0.29) is 30.8 Å². The van der Waals surface area contributed by atoms with Gasteiger partial charge < -0.3 is 19.6 Å².